The summed E-state index contributed by atoms with van der Waals surface area (Å²) in [7, 11) is 0. The first kappa shape index (κ1) is 17.9. The molecule has 0 unspecified atom stereocenters. The molecule has 0 heterocycles. The number of carboxylic acid groups (broad SMARTS) is 1. The minimum absolute atomic E-state index is 0.0812. The Morgan fingerprint density at radius 1 is 1.12 bits per heavy atom. The number of phenolic OH excluding ortho intramolecular Hbond substituents is 1. The van der Waals surface area contributed by atoms with E-state index in [1.807, 2.05) is 0 Å². The van der Waals surface area contributed by atoms with Crippen LogP contribution in [0.15, 0.2) is 35.9 Å². The number of allylic oxidation sites excluding steroid dienone is 2. The molecule has 0 amide bonds. The standard InChI is InChI=1S/C17H14O8/c18-11-6-3-5-9-14(11)15(22)10(17(24)16(9)23)4-1-2-7-25-13(21)8-12(19)20/h1,3-6,18,22H,2,7-8H2,(H,19,20). The topological polar surface area (TPSA) is 138 Å². The zero-order chi connectivity index (χ0) is 18.6. The van der Waals surface area contributed by atoms with Gasteiger partial charge in [0.05, 0.1) is 17.7 Å². The predicted octanol–water partition coefficient (Wildman–Crippen LogP) is 1.39. The lowest BCUT2D eigenvalue weighted by Gasteiger charge is -2.16. The van der Waals surface area contributed by atoms with Gasteiger partial charge in [0, 0.05) is 5.56 Å². The summed E-state index contributed by atoms with van der Waals surface area (Å²) in [6.45, 7) is -0.124. The molecular formula is C17H14O8. The molecule has 0 saturated carbocycles. The number of phenols is 1. The number of rotatable bonds is 6. The first-order valence-corrected chi connectivity index (χ1v) is 7.21. The maximum atomic E-state index is 12.1. The Balaban J connectivity index is 2.11. The van der Waals surface area contributed by atoms with Gasteiger partial charge in [-0.15, -0.1) is 0 Å². The molecule has 1 aliphatic carbocycles. The molecule has 0 aliphatic heterocycles. The van der Waals surface area contributed by atoms with Gasteiger partial charge in [-0.25, -0.2) is 0 Å². The number of esters is 1. The number of benzene rings is 1. The molecule has 0 fully saturated rings. The summed E-state index contributed by atoms with van der Waals surface area (Å²) < 4.78 is 4.65. The molecule has 3 N–H and O–H groups in total. The smallest absolute Gasteiger partial charge is 0.317 e. The van der Waals surface area contributed by atoms with Crippen molar-refractivity contribution in [1.29, 1.82) is 0 Å². The Morgan fingerprint density at radius 2 is 1.84 bits per heavy atom. The molecule has 1 aliphatic rings. The predicted molar refractivity (Wildman–Crippen MR) is 84.0 cm³/mol. The number of carbonyl (C=O) groups is 4. The zero-order valence-electron chi connectivity index (χ0n) is 12.9. The van der Waals surface area contributed by atoms with Crippen LogP contribution in [0.1, 0.15) is 28.8 Å². The highest BCUT2D eigenvalue weighted by Crippen LogP contribution is 2.34. The van der Waals surface area contributed by atoms with Crippen LogP contribution in [0.4, 0.5) is 0 Å². The van der Waals surface area contributed by atoms with E-state index >= 15 is 0 Å². The van der Waals surface area contributed by atoms with Crippen molar-refractivity contribution in [3.8, 4) is 5.75 Å². The van der Waals surface area contributed by atoms with E-state index in [4.69, 9.17) is 5.11 Å². The van der Waals surface area contributed by atoms with Gasteiger partial charge in [-0.1, -0.05) is 18.2 Å². The molecule has 1 aromatic rings. The average molecular weight is 346 g/mol. The lowest BCUT2D eigenvalue weighted by Crippen LogP contribution is -2.23. The number of aromatic hydroxyl groups is 1. The Morgan fingerprint density at radius 3 is 2.52 bits per heavy atom. The molecule has 8 nitrogen and oxygen atoms in total. The second-order valence-corrected chi connectivity index (χ2v) is 5.10. The third-order valence-corrected chi connectivity index (χ3v) is 3.36. The molecule has 0 radical (unpaired) electrons. The second kappa shape index (κ2) is 7.43. The molecule has 0 bridgehead atoms. The number of aliphatic hydroxyl groups is 1. The maximum absolute atomic E-state index is 12.1. The van der Waals surface area contributed by atoms with E-state index in [2.05, 4.69) is 4.74 Å². The highest BCUT2D eigenvalue weighted by Gasteiger charge is 2.33. The summed E-state index contributed by atoms with van der Waals surface area (Å²) in [6, 6.07) is 3.99. The van der Waals surface area contributed by atoms with Gasteiger partial charge in [0.15, 0.2) is 0 Å². The Labute approximate surface area is 141 Å². The van der Waals surface area contributed by atoms with Crippen LogP contribution < -0.4 is 0 Å². The second-order valence-electron chi connectivity index (χ2n) is 5.10. The van der Waals surface area contributed by atoms with Crippen molar-refractivity contribution in [2.75, 3.05) is 6.61 Å². The first-order chi connectivity index (χ1) is 11.8. The highest BCUT2D eigenvalue weighted by atomic mass is 16.5. The van der Waals surface area contributed by atoms with Crippen molar-refractivity contribution < 1.29 is 39.2 Å². The summed E-state index contributed by atoms with van der Waals surface area (Å²) in [6.07, 6.45) is 1.96. The Kier molecular flexibility index (Phi) is 5.33. The number of ketones is 2. The van der Waals surface area contributed by atoms with E-state index in [1.54, 1.807) is 0 Å². The largest absolute Gasteiger partial charge is 0.507 e. The van der Waals surface area contributed by atoms with Gasteiger partial charge >= 0.3 is 11.9 Å². The number of aliphatic hydroxyl groups excluding tert-OH is 1. The van der Waals surface area contributed by atoms with Crippen LogP contribution in [0.5, 0.6) is 5.75 Å². The monoisotopic (exact) mass is 346 g/mol. The number of carbonyl (C=O) groups excluding carboxylic acids is 3. The zero-order valence-corrected chi connectivity index (χ0v) is 12.9. The summed E-state index contributed by atoms with van der Waals surface area (Å²) in [5, 5.41) is 28.4. The fourth-order valence-corrected chi connectivity index (χ4v) is 2.24. The van der Waals surface area contributed by atoms with Crippen molar-refractivity contribution >= 4 is 29.3 Å². The van der Waals surface area contributed by atoms with Crippen LogP contribution in [-0.4, -0.2) is 45.4 Å². The van der Waals surface area contributed by atoms with Gasteiger partial charge in [-0.3, -0.25) is 19.2 Å². The van der Waals surface area contributed by atoms with E-state index in [-0.39, 0.29) is 35.5 Å². The Hall–Kier alpha value is -3.42. The van der Waals surface area contributed by atoms with Gasteiger partial charge in [0.2, 0.25) is 11.6 Å². The minimum atomic E-state index is -1.31. The molecule has 0 saturated heterocycles. The van der Waals surface area contributed by atoms with Crippen molar-refractivity contribution in [2.45, 2.75) is 12.8 Å². The van der Waals surface area contributed by atoms with Crippen LogP contribution in [0, 0.1) is 0 Å². The number of hydrogen-bond donors (Lipinski definition) is 3. The SMILES string of the molecule is O=C(O)CC(=O)OCCC=CC1=C(O)c2c(O)cccc2C(=O)C1=O. The van der Waals surface area contributed by atoms with Gasteiger partial charge in [0.25, 0.3) is 0 Å². The van der Waals surface area contributed by atoms with Crippen LogP contribution in [0.2, 0.25) is 0 Å². The molecule has 8 heteroatoms. The molecular weight excluding hydrogens is 332 g/mol. The number of Topliss-reactive ketones (excluding diaryl/α,β-unsaturated/α-hetero) is 2. The molecule has 0 atom stereocenters. The summed E-state index contributed by atoms with van der Waals surface area (Å²) in [5.74, 6) is -4.82. The highest BCUT2D eigenvalue weighted by molar-refractivity contribution is 6.53. The third kappa shape index (κ3) is 3.92. The van der Waals surface area contributed by atoms with E-state index < -0.39 is 35.7 Å². The number of hydrogen-bond acceptors (Lipinski definition) is 7. The fourth-order valence-electron chi connectivity index (χ4n) is 2.24. The van der Waals surface area contributed by atoms with E-state index in [0.29, 0.717) is 0 Å². The van der Waals surface area contributed by atoms with Crippen LogP contribution in [0.3, 0.4) is 0 Å². The average Bonchev–Trinajstić information content (AvgIpc) is 2.54. The number of fused-ring (bicyclic) bond motifs is 1. The first-order valence-electron chi connectivity index (χ1n) is 7.21. The summed E-state index contributed by atoms with van der Waals surface area (Å²) in [4.78, 5) is 45.4. The van der Waals surface area contributed by atoms with Gasteiger partial charge in [0.1, 0.15) is 17.9 Å². The molecule has 130 valence electrons. The molecule has 0 spiro atoms. The minimum Gasteiger partial charge on any atom is -0.507 e. The Bertz CT molecular complexity index is 816. The van der Waals surface area contributed by atoms with Crippen molar-refractivity contribution in [3.63, 3.8) is 0 Å². The quantitative estimate of drug-likeness (QED) is 0.304. The van der Waals surface area contributed by atoms with Gasteiger partial charge in [-0.05, 0) is 18.6 Å². The van der Waals surface area contributed by atoms with E-state index in [0.717, 1.165) is 0 Å². The summed E-state index contributed by atoms with van der Waals surface area (Å²) in [5.41, 5.74) is -0.474. The molecule has 25 heavy (non-hydrogen) atoms. The lowest BCUT2D eigenvalue weighted by molar-refractivity contribution is -0.151. The lowest BCUT2D eigenvalue weighted by atomic mass is 9.87. The van der Waals surface area contributed by atoms with Crippen LogP contribution in [-0.2, 0) is 19.1 Å². The number of carboxylic acids is 1. The molecule has 1 aromatic carbocycles. The van der Waals surface area contributed by atoms with Crippen molar-refractivity contribution in [3.05, 3.63) is 47.1 Å². The van der Waals surface area contributed by atoms with E-state index in [9.17, 15) is 29.4 Å². The maximum Gasteiger partial charge on any atom is 0.317 e. The third-order valence-electron chi connectivity index (χ3n) is 3.36. The van der Waals surface area contributed by atoms with Gasteiger partial charge < -0.3 is 20.1 Å². The molecule has 0 aromatic heterocycles. The fraction of sp³-hybridized carbons (Fsp3) is 0.176. The van der Waals surface area contributed by atoms with E-state index in [1.165, 1.54) is 30.4 Å². The van der Waals surface area contributed by atoms with Crippen molar-refractivity contribution in [2.24, 2.45) is 0 Å². The number of aliphatic carboxylic acids is 1. The molecule has 2 rings (SSSR count). The summed E-state index contributed by atoms with van der Waals surface area (Å²) >= 11 is 0. The normalized spacial score (nSPS) is 13.9. The van der Waals surface area contributed by atoms with Crippen LogP contribution in [0.25, 0.3) is 5.76 Å². The van der Waals surface area contributed by atoms with Crippen LogP contribution >= 0.6 is 0 Å². The van der Waals surface area contributed by atoms with Gasteiger partial charge in [-0.2, -0.15) is 0 Å². The number of ether oxygens (including phenoxy) is 1. The van der Waals surface area contributed by atoms with Crippen molar-refractivity contribution in [1.82, 2.24) is 0 Å².